The third-order valence-electron chi connectivity index (χ3n) is 5.32. The van der Waals surface area contributed by atoms with E-state index in [2.05, 4.69) is 41.6 Å². The van der Waals surface area contributed by atoms with Crippen molar-refractivity contribution in [2.24, 2.45) is 13.0 Å². The summed E-state index contributed by atoms with van der Waals surface area (Å²) in [5, 5.41) is 15.6. The van der Waals surface area contributed by atoms with Crippen molar-refractivity contribution in [3.05, 3.63) is 70.5 Å². The predicted molar refractivity (Wildman–Crippen MR) is 137 cm³/mol. The Morgan fingerprint density at radius 3 is 2.50 bits per heavy atom. The molecule has 0 saturated carbocycles. The van der Waals surface area contributed by atoms with E-state index in [1.54, 1.807) is 24.3 Å². The monoisotopic (exact) mass is 499 g/mol. The van der Waals surface area contributed by atoms with Gasteiger partial charge in [0.05, 0.1) is 22.4 Å². The number of para-hydroxylation sites is 1. The van der Waals surface area contributed by atoms with Gasteiger partial charge >= 0.3 is 0 Å². The third-order valence-corrected chi connectivity index (χ3v) is 6.67. The van der Waals surface area contributed by atoms with Crippen LogP contribution in [0.3, 0.4) is 0 Å². The molecule has 1 aromatic heterocycles. The van der Waals surface area contributed by atoms with Crippen LogP contribution in [0.1, 0.15) is 55.0 Å². The van der Waals surface area contributed by atoms with Crippen LogP contribution in [0.5, 0.6) is 0 Å². The number of aryl methyl sites for hydroxylation is 1. The van der Waals surface area contributed by atoms with E-state index in [1.807, 2.05) is 35.9 Å². The van der Waals surface area contributed by atoms with Crippen LogP contribution in [0.2, 0.25) is 5.02 Å². The van der Waals surface area contributed by atoms with Crippen molar-refractivity contribution in [2.45, 2.75) is 44.8 Å². The number of carbonyl (C=O) groups is 2. The molecule has 9 heteroatoms. The number of rotatable bonds is 10. The number of halogens is 1. The summed E-state index contributed by atoms with van der Waals surface area (Å²) in [6, 6.07) is 14.4. The number of anilines is 1. The number of hydrogen-bond acceptors (Lipinski definition) is 5. The minimum absolute atomic E-state index is 0.110. The summed E-state index contributed by atoms with van der Waals surface area (Å²) in [6.07, 6.45) is 1.52. The van der Waals surface area contributed by atoms with Crippen LogP contribution < -0.4 is 10.6 Å². The van der Waals surface area contributed by atoms with E-state index < -0.39 is 0 Å². The van der Waals surface area contributed by atoms with Gasteiger partial charge in [-0.2, -0.15) is 0 Å². The lowest BCUT2D eigenvalue weighted by Crippen LogP contribution is -2.31. The minimum atomic E-state index is -0.346. The quantitative estimate of drug-likeness (QED) is 0.370. The van der Waals surface area contributed by atoms with Crippen LogP contribution in [0.4, 0.5) is 5.69 Å². The van der Waals surface area contributed by atoms with Crippen LogP contribution in [-0.4, -0.2) is 32.3 Å². The van der Waals surface area contributed by atoms with Gasteiger partial charge in [-0.25, -0.2) is 0 Å². The molecule has 1 atom stereocenters. The maximum absolute atomic E-state index is 12.9. The van der Waals surface area contributed by atoms with Crippen LogP contribution >= 0.6 is 23.4 Å². The van der Waals surface area contributed by atoms with Crippen molar-refractivity contribution < 1.29 is 9.59 Å². The molecule has 180 valence electrons. The van der Waals surface area contributed by atoms with Crippen molar-refractivity contribution in [1.82, 2.24) is 20.1 Å². The van der Waals surface area contributed by atoms with Crippen LogP contribution in [-0.2, 0) is 18.3 Å². The Balaban J connectivity index is 1.69. The van der Waals surface area contributed by atoms with E-state index in [1.165, 1.54) is 11.8 Å². The van der Waals surface area contributed by atoms with E-state index in [-0.39, 0.29) is 23.6 Å². The lowest BCUT2D eigenvalue weighted by molar-refractivity contribution is -0.113. The van der Waals surface area contributed by atoms with Crippen LogP contribution in [0.15, 0.2) is 53.7 Å². The third kappa shape index (κ3) is 6.61. The Morgan fingerprint density at radius 1 is 1.09 bits per heavy atom. The predicted octanol–water partition coefficient (Wildman–Crippen LogP) is 5.28. The van der Waals surface area contributed by atoms with Gasteiger partial charge in [-0.15, -0.1) is 10.2 Å². The van der Waals surface area contributed by atoms with Gasteiger partial charge in [0.25, 0.3) is 5.91 Å². The summed E-state index contributed by atoms with van der Waals surface area (Å²) in [5.74, 6) is 0.774. The molecule has 2 N–H and O–H groups in total. The fourth-order valence-electron chi connectivity index (χ4n) is 3.60. The lowest BCUT2D eigenvalue weighted by atomic mass is 10.0. The summed E-state index contributed by atoms with van der Waals surface area (Å²) < 4.78 is 1.83. The van der Waals surface area contributed by atoms with Gasteiger partial charge in [-0.05, 0) is 42.5 Å². The highest BCUT2D eigenvalue weighted by molar-refractivity contribution is 7.99. The number of hydrogen-bond donors (Lipinski definition) is 2. The molecule has 2 amide bonds. The first-order valence-electron chi connectivity index (χ1n) is 11.2. The molecule has 3 rings (SSSR count). The van der Waals surface area contributed by atoms with Gasteiger partial charge in [-0.3, -0.25) is 9.59 Å². The first kappa shape index (κ1) is 25.8. The highest BCUT2D eigenvalue weighted by Gasteiger charge is 2.24. The van der Waals surface area contributed by atoms with Gasteiger partial charge < -0.3 is 15.2 Å². The average molecular weight is 500 g/mol. The standard InChI is InChI=1S/C25H30ClN5O2S/c1-5-17-10-6-9-13-20(17)27-22(32)15-34-25-30-29-23(31(25)4)21(14-16(2)3)28-24(33)18-11-7-8-12-19(18)26/h6-13,16,21H,5,14-15H2,1-4H3,(H,27,32)(H,28,33)/t21-/m1/s1. The first-order valence-corrected chi connectivity index (χ1v) is 12.6. The Kier molecular flexibility index (Phi) is 9.12. The number of benzene rings is 2. The summed E-state index contributed by atoms with van der Waals surface area (Å²) in [6.45, 7) is 6.22. The Bertz CT molecular complexity index is 1150. The van der Waals surface area contributed by atoms with E-state index in [0.717, 1.165) is 17.7 Å². The molecule has 0 bridgehead atoms. The molecule has 7 nitrogen and oxygen atoms in total. The molecule has 0 spiro atoms. The molecular weight excluding hydrogens is 470 g/mol. The van der Waals surface area contributed by atoms with Crippen molar-refractivity contribution >= 4 is 40.9 Å². The molecule has 0 unspecified atom stereocenters. The molecule has 0 aliphatic heterocycles. The molecule has 0 aliphatic rings. The van der Waals surface area contributed by atoms with Crippen LogP contribution in [0, 0.1) is 5.92 Å². The summed E-state index contributed by atoms with van der Waals surface area (Å²) in [4.78, 5) is 25.4. The van der Waals surface area contributed by atoms with E-state index >= 15 is 0 Å². The maximum atomic E-state index is 12.9. The summed E-state index contributed by atoms with van der Waals surface area (Å²) in [7, 11) is 1.84. The number of nitrogens with one attached hydrogen (secondary N) is 2. The normalized spacial score (nSPS) is 11.9. The topological polar surface area (TPSA) is 88.9 Å². The number of thioether (sulfide) groups is 1. The van der Waals surface area contributed by atoms with Gasteiger partial charge in [0.2, 0.25) is 5.91 Å². The highest BCUT2D eigenvalue weighted by Crippen LogP contribution is 2.25. The van der Waals surface area contributed by atoms with Crippen molar-refractivity contribution in [1.29, 1.82) is 0 Å². The number of amides is 2. The zero-order valence-electron chi connectivity index (χ0n) is 19.8. The van der Waals surface area contributed by atoms with E-state index in [0.29, 0.717) is 33.9 Å². The summed E-state index contributed by atoms with van der Waals surface area (Å²) >= 11 is 7.51. The first-order chi connectivity index (χ1) is 16.3. The average Bonchev–Trinajstić information content (AvgIpc) is 3.17. The molecular formula is C25H30ClN5O2S. The van der Waals surface area contributed by atoms with Gasteiger partial charge in [-0.1, -0.05) is 74.5 Å². The fourth-order valence-corrected chi connectivity index (χ4v) is 4.54. The van der Waals surface area contributed by atoms with E-state index in [4.69, 9.17) is 11.6 Å². The number of carbonyl (C=O) groups excluding carboxylic acids is 2. The van der Waals surface area contributed by atoms with Gasteiger partial charge in [0, 0.05) is 12.7 Å². The smallest absolute Gasteiger partial charge is 0.253 e. The van der Waals surface area contributed by atoms with Crippen molar-refractivity contribution in [3.63, 3.8) is 0 Å². The maximum Gasteiger partial charge on any atom is 0.253 e. The van der Waals surface area contributed by atoms with Crippen molar-refractivity contribution in [2.75, 3.05) is 11.1 Å². The molecule has 3 aromatic rings. The molecule has 0 fully saturated rings. The highest BCUT2D eigenvalue weighted by atomic mass is 35.5. The Hall–Kier alpha value is -2.84. The molecule has 34 heavy (non-hydrogen) atoms. The van der Waals surface area contributed by atoms with Gasteiger partial charge in [0.15, 0.2) is 11.0 Å². The molecule has 0 saturated heterocycles. The molecule has 2 aromatic carbocycles. The second-order valence-electron chi connectivity index (χ2n) is 8.38. The largest absolute Gasteiger partial charge is 0.342 e. The molecule has 1 heterocycles. The SMILES string of the molecule is CCc1ccccc1NC(=O)CSc1nnc([C@@H](CC(C)C)NC(=O)c2ccccc2Cl)n1C. The number of nitrogens with zero attached hydrogens (tertiary/aromatic N) is 3. The lowest BCUT2D eigenvalue weighted by Gasteiger charge is -2.20. The Morgan fingerprint density at radius 2 is 1.79 bits per heavy atom. The molecule has 0 aliphatic carbocycles. The van der Waals surface area contributed by atoms with Crippen molar-refractivity contribution in [3.8, 4) is 0 Å². The zero-order valence-corrected chi connectivity index (χ0v) is 21.4. The summed E-state index contributed by atoms with van der Waals surface area (Å²) in [5.41, 5.74) is 2.33. The van der Waals surface area contributed by atoms with E-state index in [9.17, 15) is 9.59 Å². The zero-order chi connectivity index (χ0) is 24.7. The second-order valence-corrected chi connectivity index (χ2v) is 9.73. The minimum Gasteiger partial charge on any atom is -0.342 e. The second kappa shape index (κ2) is 12.0. The van der Waals surface area contributed by atoms with Gasteiger partial charge in [0.1, 0.15) is 0 Å². The number of aromatic nitrogens is 3. The van der Waals surface area contributed by atoms with Crippen LogP contribution in [0.25, 0.3) is 0 Å². The Labute approximate surface area is 209 Å². The fraction of sp³-hybridized carbons (Fsp3) is 0.360. The molecule has 0 radical (unpaired) electrons.